The maximum Gasteiger partial charge on any atom is 0.411 e. The number of carbonyl (C=O) groups is 2. The van der Waals surface area contributed by atoms with Gasteiger partial charge in [0.15, 0.2) is 0 Å². The van der Waals surface area contributed by atoms with Crippen molar-refractivity contribution in [2.45, 2.75) is 89.5 Å². The number of likely N-dealkylation sites (tertiary alicyclic amines) is 1. The number of nitrogens with zero attached hydrogens (tertiary/aromatic N) is 3. The summed E-state index contributed by atoms with van der Waals surface area (Å²) in [7, 11) is 0. The van der Waals surface area contributed by atoms with Gasteiger partial charge in [0.05, 0.1) is 6.61 Å². The molecule has 1 fully saturated rings. The molecule has 12 heteroatoms. The van der Waals surface area contributed by atoms with Gasteiger partial charge in [0.25, 0.3) is 0 Å². The van der Waals surface area contributed by atoms with Crippen LogP contribution < -0.4 is 10.6 Å². The van der Waals surface area contributed by atoms with Crippen molar-refractivity contribution in [1.29, 1.82) is 0 Å². The second-order valence-electron chi connectivity index (χ2n) is 10.6. The Morgan fingerprint density at radius 2 is 1.95 bits per heavy atom. The van der Waals surface area contributed by atoms with Crippen molar-refractivity contribution >= 4 is 17.8 Å². The molecule has 2 amide bonds. The minimum atomic E-state index is -4.40. The summed E-state index contributed by atoms with van der Waals surface area (Å²) < 4.78 is 42.2. The van der Waals surface area contributed by atoms with Crippen LogP contribution in [0.3, 0.4) is 0 Å². The minimum absolute atomic E-state index is 0.0390. The SMILES string of the molecule is CC1CC[C@@H](C)N1C(=O)N[C@H](CCN(CCCCc1ccc2c(n1)NCCC2)CCOCC(F)(F)F)C(=O)O. The summed E-state index contributed by atoms with van der Waals surface area (Å²) in [6.45, 7) is 4.47. The number of aromatic nitrogens is 1. The number of ether oxygens (including phenoxy) is 1. The number of nitrogens with one attached hydrogen (secondary N) is 2. The number of aryl methyl sites for hydroxylation is 2. The molecular weight excluding hydrogens is 515 g/mol. The van der Waals surface area contributed by atoms with E-state index in [1.54, 1.807) is 4.90 Å². The Kier molecular flexibility index (Phi) is 11.7. The smallest absolute Gasteiger partial charge is 0.411 e. The average Bonchev–Trinajstić information content (AvgIpc) is 3.22. The summed E-state index contributed by atoms with van der Waals surface area (Å²) in [5, 5.41) is 15.7. The van der Waals surface area contributed by atoms with Crippen LogP contribution in [0.1, 0.15) is 63.6 Å². The third kappa shape index (κ3) is 10.1. The second kappa shape index (κ2) is 14.7. The molecule has 1 aromatic rings. The van der Waals surface area contributed by atoms with Crippen LogP contribution in [0, 0.1) is 0 Å². The predicted octanol–water partition coefficient (Wildman–Crippen LogP) is 4.07. The number of carboxylic acids is 1. The van der Waals surface area contributed by atoms with E-state index in [0.717, 1.165) is 63.0 Å². The van der Waals surface area contributed by atoms with Gasteiger partial charge in [0, 0.05) is 37.4 Å². The molecule has 0 bridgehead atoms. The fourth-order valence-electron chi connectivity index (χ4n) is 5.25. The van der Waals surface area contributed by atoms with Crippen LogP contribution in [-0.2, 0) is 22.4 Å². The molecule has 1 unspecified atom stereocenters. The quantitative estimate of drug-likeness (QED) is 0.296. The Balaban J connectivity index is 1.50. The zero-order valence-electron chi connectivity index (χ0n) is 22.9. The zero-order valence-corrected chi connectivity index (χ0v) is 22.9. The van der Waals surface area contributed by atoms with Gasteiger partial charge in [-0.15, -0.1) is 0 Å². The van der Waals surface area contributed by atoms with Crippen LogP contribution in [0.2, 0.25) is 0 Å². The van der Waals surface area contributed by atoms with Crippen LogP contribution in [0.25, 0.3) is 0 Å². The fourth-order valence-corrected chi connectivity index (χ4v) is 5.25. The van der Waals surface area contributed by atoms with Crippen LogP contribution in [0.4, 0.5) is 23.8 Å². The van der Waals surface area contributed by atoms with E-state index in [1.165, 1.54) is 5.56 Å². The molecule has 0 spiro atoms. The average molecular weight is 558 g/mol. The van der Waals surface area contributed by atoms with E-state index in [4.69, 9.17) is 9.72 Å². The monoisotopic (exact) mass is 557 g/mol. The number of pyridine rings is 1. The summed E-state index contributed by atoms with van der Waals surface area (Å²) in [4.78, 5) is 33.0. The Bertz CT molecular complexity index is 938. The number of fused-ring (bicyclic) bond motifs is 1. The van der Waals surface area contributed by atoms with Gasteiger partial charge in [0.2, 0.25) is 0 Å². The molecule has 220 valence electrons. The summed E-state index contributed by atoms with van der Waals surface area (Å²) in [5.41, 5.74) is 2.21. The van der Waals surface area contributed by atoms with Crippen molar-refractivity contribution in [3.05, 3.63) is 23.4 Å². The molecule has 2 aliphatic heterocycles. The van der Waals surface area contributed by atoms with Crippen molar-refractivity contribution in [2.75, 3.05) is 44.7 Å². The van der Waals surface area contributed by atoms with Crippen LogP contribution in [0.15, 0.2) is 12.1 Å². The third-order valence-corrected chi connectivity index (χ3v) is 7.44. The lowest BCUT2D eigenvalue weighted by Crippen LogP contribution is -2.51. The second-order valence-corrected chi connectivity index (χ2v) is 10.6. The predicted molar refractivity (Wildman–Crippen MR) is 142 cm³/mol. The molecule has 0 aromatic carbocycles. The van der Waals surface area contributed by atoms with Gasteiger partial charge in [-0.1, -0.05) is 6.07 Å². The van der Waals surface area contributed by atoms with Crippen molar-refractivity contribution in [3.8, 4) is 0 Å². The number of anilines is 1. The van der Waals surface area contributed by atoms with Crippen molar-refractivity contribution in [3.63, 3.8) is 0 Å². The molecule has 3 atom stereocenters. The van der Waals surface area contributed by atoms with Crippen LogP contribution in [0.5, 0.6) is 0 Å². The summed E-state index contributed by atoms with van der Waals surface area (Å²) in [6, 6.07) is 2.74. The Hall–Kier alpha value is -2.60. The minimum Gasteiger partial charge on any atom is -0.480 e. The van der Waals surface area contributed by atoms with E-state index in [2.05, 4.69) is 16.7 Å². The maximum absolute atomic E-state index is 12.8. The third-order valence-electron chi connectivity index (χ3n) is 7.44. The number of rotatable bonds is 14. The number of carbonyl (C=O) groups excluding carboxylic acids is 1. The van der Waals surface area contributed by atoms with Crippen molar-refractivity contribution in [1.82, 2.24) is 20.1 Å². The molecule has 9 nitrogen and oxygen atoms in total. The summed E-state index contributed by atoms with van der Waals surface area (Å²) in [6.07, 6.45) is 1.96. The number of urea groups is 1. The van der Waals surface area contributed by atoms with E-state index in [-0.39, 0.29) is 31.7 Å². The molecular formula is C27H42F3N5O4. The number of aliphatic carboxylic acids is 1. The van der Waals surface area contributed by atoms with Gasteiger partial charge >= 0.3 is 18.2 Å². The van der Waals surface area contributed by atoms with Crippen molar-refractivity contribution < 1.29 is 32.6 Å². The summed E-state index contributed by atoms with van der Waals surface area (Å²) >= 11 is 0. The number of alkyl halides is 3. The first-order valence-electron chi connectivity index (χ1n) is 13.9. The lowest BCUT2D eigenvalue weighted by atomic mass is 10.1. The molecule has 0 aliphatic carbocycles. The first kappa shape index (κ1) is 30.9. The van der Waals surface area contributed by atoms with Crippen LogP contribution >= 0.6 is 0 Å². The van der Waals surface area contributed by atoms with Gasteiger partial charge in [-0.3, -0.25) is 0 Å². The molecule has 0 radical (unpaired) electrons. The van der Waals surface area contributed by atoms with E-state index in [0.29, 0.717) is 13.1 Å². The van der Waals surface area contributed by atoms with Gasteiger partial charge < -0.3 is 30.3 Å². The number of halogens is 3. The van der Waals surface area contributed by atoms with Gasteiger partial charge in [0.1, 0.15) is 18.5 Å². The highest BCUT2D eigenvalue weighted by molar-refractivity contribution is 5.83. The molecule has 39 heavy (non-hydrogen) atoms. The van der Waals surface area contributed by atoms with E-state index in [9.17, 15) is 27.9 Å². The number of unbranched alkanes of at least 4 members (excludes halogenated alkanes) is 1. The number of hydrogen-bond acceptors (Lipinski definition) is 6. The number of carboxylic acid groups (broad SMARTS) is 1. The van der Waals surface area contributed by atoms with Crippen molar-refractivity contribution in [2.24, 2.45) is 0 Å². The summed E-state index contributed by atoms with van der Waals surface area (Å²) in [5.74, 6) is -0.190. The standard InChI is InChI=1S/C27H42F3N5O4/c1-19-8-9-20(2)35(19)26(38)33-23(25(36)37)12-15-34(16-17-39-18-27(28,29)30)14-4-3-7-22-11-10-21-6-5-13-31-24(21)32-22/h10-11,19-20,23H,3-9,12-18H2,1-2H3,(H,31,32)(H,33,38)(H,36,37)/t19-,20?,23-/m1/s1. The number of amides is 2. The van der Waals surface area contributed by atoms with E-state index >= 15 is 0 Å². The molecule has 0 saturated carbocycles. The highest BCUT2D eigenvalue weighted by Crippen LogP contribution is 2.24. The lowest BCUT2D eigenvalue weighted by Gasteiger charge is -2.29. The van der Waals surface area contributed by atoms with Gasteiger partial charge in [-0.2, -0.15) is 13.2 Å². The Morgan fingerprint density at radius 1 is 1.21 bits per heavy atom. The molecule has 3 N–H and O–H groups in total. The first-order valence-corrected chi connectivity index (χ1v) is 13.9. The highest BCUT2D eigenvalue weighted by Gasteiger charge is 2.33. The lowest BCUT2D eigenvalue weighted by molar-refractivity contribution is -0.174. The molecule has 2 aliphatic rings. The largest absolute Gasteiger partial charge is 0.480 e. The van der Waals surface area contributed by atoms with Crippen LogP contribution in [-0.4, -0.2) is 95.6 Å². The first-order chi connectivity index (χ1) is 18.5. The van der Waals surface area contributed by atoms with Gasteiger partial charge in [-0.05, 0) is 83.4 Å². The van der Waals surface area contributed by atoms with E-state index in [1.807, 2.05) is 24.8 Å². The Labute approximate surface area is 228 Å². The fraction of sp³-hybridized carbons (Fsp3) is 0.741. The Morgan fingerprint density at radius 3 is 2.64 bits per heavy atom. The maximum atomic E-state index is 12.8. The highest BCUT2D eigenvalue weighted by atomic mass is 19.4. The molecule has 1 aromatic heterocycles. The van der Waals surface area contributed by atoms with Gasteiger partial charge in [-0.25, -0.2) is 14.6 Å². The molecule has 1 saturated heterocycles. The normalized spacial score (nSPS) is 20.0. The molecule has 3 rings (SSSR count). The zero-order chi connectivity index (χ0) is 28.4. The molecule has 3 heterocycles. The van der Waals surface area contributed by atoms with E-state index < -0.39 is 30.8 Å². The topological polar surface area (TPSA) is 107 Å². The number of hydrogen-bond donors (Lipinski definition) is 3.